The molecule has 0 radical (unpaired) electrons. The van der Waals surface area contributed by atoms with E-state index in [9.17, 15) is 0 Å². The molecule has 2 rings (SSSR count). The minimum absolute atomic E-state index is 0.543. The van der Waals surface area contributed by atoms with Crippen molar-refractivity contribution in [3.8, 4) is 11.5 Å². The van der Waals surface area contributed by atoms with E-state index in [4.69, 9.17) is 5.73 Å². The molecule has 2 N–H and O–H groups in total. The van der Waals surface area contributed by atoms with Crippen LogP contribution in [0.1, 0.15) is 0 Å². The summed E-state index contributed by atoms with van der Waals surface area (Å²) < 4.78 is 3.33. The molecule has 0 fully saturated rings. The fourth-order valence-corrected chi connectivity index (χ4v) is 1.17. The van der Waals surface area contributed by atoms with Crippen molar-refractivity contribution in [1.82, 2.24) is 29.8 Å². The summed E-state index contributed by atoms with van der Waals surface area (Å²) in [5, 5.41) is 11.8. The van der Waals surface area contributed by atoms with Crippen LogP contribution in [-0.4, -0.2) is 36.3 Å². The van der Waals surface area contributed by atoms with Gasteiger partial charge in [0.05, 0.1) is 12.7 Å². The van der Waals surface area contributed by atoms with Gasteiger partial charge in [0.1, 0.15) is 12.0 Å². The number of aromatic nitrogens is 6. The third-order valence-corrected chi connectivity index (χ3v) is 1.84. The largest absolute Gasteiger partial charge is 0.329 e. The topological polar surface area (TPSA) is 87.4 Å². The zero-order valence-corrected chi connectivity index (χ0v) is 7.83. The lowest BCUT2D eigenvalue weighted by Crippen LogP contribution is -2.10. The van der Waals surface area contributed by atoms with Crippen LogP contribution in [0.3, 0.4) is 0 Å². The van der Waals surface area contributed by atoms with Crippen LogP contribution in [0, 0.1) is 0 Å². The maximum atomic E-state index is 5.40. The van der Waals surface area contributed by atoms with Gasteiger partial charge in [-0.05, 0) is 0 Å². The van der Waals surface area contributed by atoms with Crippen LogP contribution in [-0.2, 0) is 13.6 Å². The van der Waals surface area contributed by atoms with E-state index in [2.05, 4.69) is 20.4 Å². The van der Waals surface area contributed by atoms with E-state index < -0.39 is 0 Å². The summed E-state index contributed by atoms with van der Waals surface area (Å²) in [6.45, 7) is 1.20. The molecule has 0 saturated carbocycles. The standard InChI is InChI=1S/C7H11N7/c1-13-7(9-5-10-13)6-4-14(3-2-8)12-11-6/h4-5H,2-3,8H2,1H3. The Morgan fingerprint density at radius 3 is 3.00 bits per heavy atom. The Kier molecular flexibility index (Phi) is 2.23. The van der Waals surface area contributed by atoms with Crippen molar-refractivity contribution < 1.29 is 0 Å². The summed E-state index contributed by atoms with van der Waals surface area (Å²) in [5.41, 5.74) is 6.10. The number of hydrogen-bond acceptors (Lipinski definition) is 5. The highest BCUT2D eigenvalue weighted by molar-refractivity contribution is 5.45. The molecule has 0 bridgehead atoms. The number of hydrogen-bond donors (Lipinski definition) is 1. The highest BCUT2D eigenvalue weighted by atomic mass is 15.4. The Balaban J connectivity index is 2.29. The number of nitrogens with two attached hydrogens (primary N) is 1. The Bertz CT molecular complexity index is 415. The molecule has 74 valence electrons. The Hall–Kier alpha value is -1.76. The lowest BCUT2D eigenvalue weighted by molar-refractivity contribution is 0.598. The van der Waals surface area contributed by atoms with Gasteiger partial charge >= 0.3 is 0 Å². The number of aryl methyl sites for hydroxylation is 1. The van der Waals surface area contributed by atoms with Crippen LogP contribution in [0.4, 0.5) is 0 Å². The van der Waals surface area contributed by atoms with Crippen LogP contribution >= 0.6 is 0 Å². The van der Waals surface area contributed by atoms with Crippen LogP contribution in [0.25, 0.3) is 11.5 Å². The van der Waals surface area contributed by atoms with Gasteiger partial charge in [0.15, 0.2) is 5.82 Å². The van der Waals surface area contributed by atoms with Crippen molar-refractivity contribution in [3.63, 3.8) is 0 Å². The molecule has 2 aromatic rings. The van der Waals surface area contributed by atoms with Crippen molar-refractivity contribution in [1.29, 1.82) is 0 Å². The molecule has 0 aromatic carbocycles. The van der Waals surface area contributed by atoms with Crippen molar-refractivity contribution in [3.05, 3.63) is 12.5 Å². The third-order valence-electron chi connectivity index (χ3n) is 1.84. The normalized spacial score (nSPS) is 10.7. The molecule has 0 amide bonds. The Labute approximate surface area is 80.5 Å². The van der Waals surface area contributed by atoms with E-state index >= 15 is 0 Å². The van der Waals surface area contributed by atoms with Crippen molar-refractivity contribution in [2.75, 3.05) is 6.54 Å². The molecule has 0 aliphatic carbocycles. The van der Waals surface area contributed by atoms with Gasteiger partial charge in [-0.3, -0.25) is 4.68 Å². The van der Waals surface area contributed by atoms with Gasteiger partial charge < -0.3 is 5.73 Å². The Morgan fingerprint density at radius 1 is 1.50 bits per heavy atom. The third kappa shape index (κ3) is 1.49. The molecular weight excluding hydrogens is 182 g/mol. The van der Waals surface area contributed by atoms with Crippen LogP contribution in [0.5, 0.6) is 0 Å². The van der Waals surface area contributed by atoms with Gasteiger partial charge in [0, 0.05) is 13.6 Å². The first-order valence-corrected chi connectivity index (χ1v) is 4.26. The minimum Gasteiger partial charge on any atom is -0.329 e. The highest BCUT2D eigenvalue weighted by Gasteiger charge is 2.08. The van der Waals surface area contributed by atoms with Crippen LogP contribution in [0.2, 0.25) is 0 Å². The zero-order valence-electron chi connectivity index (χ0n) is 7.83. The summed E-state index contributed by atoms with van der Waals surface area (Å²) in [7, 11) is 1.81. The van der Waals surface area contributed by atoms with E-state index in [0.29, 0.717) is 24.6 Å². The molecular formula is C7H11N7. The molecule has 7 heteroatoms. The summed E-state index contributed by atoms with van der Waals surface area (Å²) in [5.74, 6) is 0.702. The van der Waals surface area contributed by atoms with E-state index in [0.717, 1.165) is 0 Å². The van der Waals surface area contributed by atoms with Gasteiger partial charge in [0.25, 0.3) is 0 Å². The second kappa shape index (κ2) is 3.54. The maximum absolute atomic E-state index is 5.40. The predicted molar refractivity (Wildman–Crippen MR) is 49.1 cm³/mol. The minimum atomic E-state index is 0.543. The van der Waals surface area contributed by atoms with Crippen molar-refractivity contribution in [2.45, 2.75) is 6.54 Å². The first-order chi connectivity index (χ1) is 6.81. The molecule has 2 aromatic heterocycles. The van der Waals surface area contributed by atoms with Crippen molar-refractivity contribution >= 4 is 0 Å². The monoisotopic (exact) mass is 193 g/mol. The molecule has 0 unspecified atom stereocenters. The van der Waals surface area contributed by atoms with Gasteiger partial charge in [-0.1, -0.05) is 5.21 Å². The molecule has 0 aliphatic rings. The lowest BCUT2D eigenvalue weighted by atomic mass is 10.4. The zero-order chi connectivity index (χ0) is 9.97. The fourth-order valence-electron chi connectivity index (χ4n) is 1.17. The lowest BCUT2D eigenvalue weighted by Gasteiger charge is -1.94. The predicted octanol–water partition coefficient (Wildman–Crippen LogP) is -0.968. The first kappa shape index (κ1) is 8.82. The fraction of sp³-hybridized carbons (Fsp3) is 0.429. The molecule has 0 atom stereocenters. The average molecular weight is 193 g/mol. The highest BCUT2D eigenvalue weighted by Crippen LogP contribution is 2.09. The van der Waals surface area contributed by atoms with Gasteiger partial charge in [-0.2, -0.15) is 5.10 Å². The van der Waals surface area contributed by atoms with E-state index in [1.807, 2.05) is 7.05 Å². The molecule has 2 heterocycles. The molecule has 0 saturated heterocycles. The van der Waals surface area contributed by atoms with Gasteiger partial charge in [0.2, 0.25) is 0 Å². The van der Waals surface area contributed by atoms with Gasteiger partial charge in [-0.15, -0.1) is 5.10 Å². The summed E-state index contributed by atoms with van der Waals surface area (Å²) in [4.78, 5) is 4.06. The van der Waals surface area contributed by atoms with E-state index in [-0.39, 0.29) is 0 Å². The second-order valence-corrected chi connectivity index (χ2v) is 2.86. The van der Waals surface area contributed by atoms with Crippen LogP contribution < -0.4 is 5.73 Å². The van der Waals surface area contributed by atoms with E-state index in [1.54, 1.807) is 15.6 Å². The average Bonchev–Trinajstić information content (AvgIpc) is 2.74. The first-order valence-electron chi connectivity index (χ1n) is 4.26. The second-order valence-electron chi connectivity index (χ2n) is 2.86. The number of nitrogens with zero attached hydrogens (tertiary/aromatic N) is 6. The summed E-state index contributed by atoms with van der Waals surface area (Å²) in [6, 6.07) is 0. The van der Waals surface area contributed by atoms with E-state index in [1.165, 1.54) is 6.33 Å². The number of rotatable bonds is 3. The summed E-state index contributed by atoms with van der Waals surface area (Å²) >= 11 is 0. The quantitative estimate of drug-likeness (QED) is 0.677. The molecule has 14 heavy (non-hydrogen) atoms. The molecule has 0 spiro atoms. The van der Waals surface area contributed by atoms with Crippen LogP contribution in [0.15, 0.2) is 12.5 Å². The smallest absolute Gasteiger partial charge is 0.180 e. The van der Waals surface area contributed by atoms with Gasteiger partial charge in [-0.25, -0.2) is 9.67 Å². The maximum Gasteiger partial charge on any atom is 0.180 e. The summed E-state index contributed by atoms with van der Waals surface area (Å²) in [6.07, 6.45) is 3.29. The SMILES string of the molecule is Cn1ncnc1-c1cn(CCN)nn1. The van der Waals surface area contributed by atoms with Crippen molar-refractivity contribution in [2.24, 2.45) is 12.8 Å². The Morgan fingerprint density at radius 2 is 2.36 bits per heavy atom. The molecule has 7 nitrogen and oxygen atoms in total. The molecule has 0 aliphatic heterocycles.